The molecule has 0 aliphatic rings. The van der Waals surface area contributed by atoms with Crippen LogP contribution in [0.1, 0.15) is 32.4 Å². The lowest BCUT2D eigenvalue weighted by molar-refractivity contribution is -0.116. The van der Waals surface area contributed by atoms with Crippen LogP contribution in [-0.2, 0) is 4.79 Å². The van der Waals surface area contributed by atoms with Crippen LogP contribution in [0, 0.1) is 11.7 Å². The Morgan fingerprint density at radius 2 is 2.05 bits per heavy atom. The van der Waals surface area contributed by atoms with E-state index in [-0.39, 0.29) is 18.0 Å². The van der Waals surface area contributed by atoms with Crippen LogP contribution in [0.15, 0.2) is 18.2 Å². The first-order valence-electron chi connectivity index (χ1n) is 6.32. The van der Waals surface area contributed by atoms with Crippen molar-refractivity contribution in [2.75, 3.05) is 18.0 Å². The van der Waals surface area contributed by atoms with Crippen molar-refractivity contribution in [3.05, 3.63) is 29.6 Å². The summed E-state index contributed by atoms with van der Waals surface area (Å²) in [6.45, 7) is 6.05. The molecule has 0 saturated heterocycles. The summed E-state index contributed by atoms with van der Waals surface area (Å²) in [7, 11) is 0. The molecule has 0 aromatic heterocycles. The summed E-state index contributed by atoms with van der Waals surface area (Å²) in [6.07, 6.45) is -0.946. The van der Waals surface area contributed by atoms with Crippen LogP contribution < -0.4 is 10.6 Å². The maximum atomic E-state index is 13.8. The molecule has 0 radical (unpaired) electrons. The van der Waals surface area contributed by atoms with Crippen LogP contribution in [0.2, 0.25) is 0 Å². The van der Waals surface area contributed by atoms with Crippen LogP contribution in [-0.4, -0.2) is 24.1 Å². The number of anilines is 1. The summed E-state index contributed by atoms with van der Waals surface area (Å²) in [6, 6.07) is 4.55. The van der Waals surface area contributed by atoms with E-state index in [0.717, 1.165) is 0 Å². The minimum absolute atomic E-state index is 0.00134. The molecular weight excluding hydrogens is 247 g/mol. The molecule has 0 fully saturated rings. The summed E-state index contributed by atoms with van der Waals surface area (Å²) < 4.78 is 13.8. The second-order valence-electron chi connectivity index (χ2n) is 5.09. The normalized spacial score (nSPS) is 12.5. The second kappa shape index (κ2) is 6.52. The lowest BCUT2D eigenvalue weighted by atomic mass is 10.0. The Labute approximate surface area is 113 Å². The molecule has 3 N–H and O–H groups in total. The third-order valence-electron chi connectivity index (χ3n) is 2.72. The van der Waals surface area contributed by atoms with E-state index in [0.29, 0.717) is 12.2 Å². The Kier molecular flexibility index (Phi) is 5.30. The van der Waals surface area contributed by atoms with Gasteiger partial charge >= 0.3 is 0 Å². The Hall–Kier alpha value is -1.62. The number of carbonyl (C=O) groups excluding carboxylic acids is 1. The fourth-order valence-corrected chi connectivity index (χ4v) is 2.09. The summed E-state index contributed by atoms with van der Waals surface area (Å²) in [4.78, 5) is 12.9. The van der Waals surface area contributed by atoms with Gasteiger partial charge < -0.3 is 15.7 Å². The zero-order valence-electron chi connectivity index (χ0n) is 11.6. The number of nitrogens with zero attached hydrogens (tertiary/aromatic N) is 1. The first-order chi connectivity index (χ1) is 8.82. The standard InChI is InChI=1S/C14H21FN2O2/c1-9(2)7-17(8-13(16)19)12-6-4-5-11(15)14(12)10(3)18/h4-6,9-10,18H,7-8H2,1-3H3,(H2,16,19). The SMILES string of the molecule is CC(C)CN(CC(N)=O)c1cccc(F)c1C(C)O. The molecule has 19 heavy (non-hydrogen) atoms. The zero-order valence-corrected chi connectivity index (χ0v) is 11.6. The van der Waals surface area contributed by atoms with Crippen molar-refractivity contribution in [2.45, 2.75) is 26.9 Å². The number of amides is 1. The molecule has 0 spiro atoms. The highest BCUT2D eigenvalue weighted by Crippen LogP contribution is 2.29. The van der Waals surface area contributed by atoms with Gasteiger partial charge in [-0.2, -0.15) is 0 Å². The van der Waals surface area contributed by atoms with Crippen LogP contribution in [0.4, 0.5) is 10.1 Å². The quantitative estimate of drug-likeness (QED) is 0.827. The molecule has 0 heterocycles. The van der Waals surface area contributed by atoms with E-state index in [1.54, 1.807) is 17.0 Å². The van der Waals surface area contributed by atoms with E-state index in [1.165, 1.54) is 13.0 Å². The summed E-state index contributed by atoms with van der Waals surface area (Å²) in [5.74, 6) is -0.684. The van der Waals surface area contributed by atoms with Gasteiger partial charge in [0.25, 0.3) is 0 Å². The topological polar surface area (TPSA) is 66.6 Å². The molecule has 0 aliphatic heterocycles. The summed E-state index contributed by atoms with van der Waals surface area (Å²) in [5, 5.41) is 9.72. The zero-order chi connectivity index (χ0) is 14.6. The van der Waals surface area contributed by atoms with Crippen molar-refractivity contribution < 1.29 is 14.3 Å². The molecule has 5 heteroatoms. The molecule has 1 amide bonds. The predicted molar refractivity (Wildman–Crippen MR) is 73.3 cm³/mol. The predicted octanol–water partition coefficient (Wildman–Crippen LogP) is 1.83. The number of benzene rings is 1. The van der Waals surface area contributed by atoms with Crippen LogP contribution in [0.3, 0.4) is 0 Å². The fourth-order valence-electron chi connectivity index (χ4n) is 2.09. The summed E-state index contributed by atoms with van der Waals surface area (Å²) in [5.41, 5.74) is 5.95. The number of rotatable bonds is 6. The number of hydrogen-bond acceptors (Lipinski definition) is 3. The molecule has 1 atom stereocenters. The van der Waals surface area contributed by atoms with Gasteiger partial charge in [0, 0.05) is 17.8 Å². The lowest BCUT2D eigenvalue weighted by Gasteiger charge is -2.28. The van der Waals surface area contributed by atoms with Gasteiger partial charge in [-0.25, -0.2) is 4.39 Å². The van der Waals surface area contributed by atoms with Gasteiger partial charge in [-0.3, -0.25) is 4.79 Å². The molecule has 1 aromatic carbocycles. The first-order valence-corrected chi connectivity index (χ1v) is 6.32. The van der Waals surface area contributed by atoms with Crippen molar-refractivity contribution in [1.82, 2.24) is 0 Å². The lowest BCUT2D eigenvalue weighted by Crippen LogP contribution is -2.37. The maximum absolute atomic E-state index is 13.8. The fraction of sp³-hybridized carbons (Fsp3) is 0.500. The van der Waals surface area contributed by atoms with Gasteiger partial charge in [-0.1, -0.05) is 19.9 Å². The Morgan fingerprint density at radius 3 is 2.53 bits per heavy atom. The highest BCUT2D eigenvalue weighted by Gasteiger charge is 2.20. The van der Waals surface area contributed by atoms with Gasteiger partial charge in [0.15, 0.2) is 0 Å². The number of nitrogens with two attached hydrogens (primary N) is 1. The van der Waals surface area contributed by atoms with Gasteiger partial charge in [-0.05, 0) is 25.0 Å². The van der Waals surface area contributed by atoms with Crippen molar-refractivity contribution in [3.63, 3.8) is 0 Å². The van der Waals surface area contributed by atoms with E-state index in [2.05, 4.69) is 0 Å². The summed E-state index contributed by atoms with van der Waals surface area (Å²) >= 11 is 0. The second-order valence-corrected chi connectivity index (χ2v) is 5.09. The molecule has 1 rings (SSSR count). The number of aliphatic hydroxyl groups excluding tert-OH is 1. The molecule has 106 valence electrons. The van der Waals surface area contributed by atoms with E-state index < -0.39 is 17.8 Å². The van der Waals surface area contributed by atoms with Crippen LogP contribution in [0.5, 0.6) is 0 Å². The minimum atomic E-state index is -0.946. The minimum Gasteiger partial charge on any atom is -0.389 e. The van der Waals surface area contributed by atoms with Crippen LogP contribution in [0.25, 0.3) is 0 Å². The van der Waals surface area contributed by atoms with Gasteiger partial charge in [0.2, 0.25) is 5.91 Å². The third kappa shape index (κ3) is 4.21. The molecule has 0 saturated carbocycles. The average Bonchev–Trinajstić information content (AvgIpc) is 2.25. The largest absolute Gasteiger partial charge is 0.389 e. The van der Waals surface area contributed by atoms with Gasteiger partial charge in [-0.15, -0.1) is 0 Å². The Bertz CT molecular complexity index is 447. The van der Waals surface area contributed by atoms with Gasteiger partial charge in [0.05, 0.1) is 12.6 Å². The average molecular weight is 268 g/mol. The molecule has 1 unspecified atom stereocenters. The van der Waals surface area contributed by atoms with Crippen LogP contribution >= 0.6 is 0 Å². The molecule has 1 aromatic rings. The van der Waals surface area contributed by atoms with Gasteiger partial charge in [0.1, 0.15) is 5.82 Å². The van der Waals surface area contributed by atoms with Crippen molar-refractivity contribution in [3.8, 4) is 0 Å². The molecular formula is C14H21FN2O2. The number of halogens is 1. The smallest absolute Gasteiger partial charge is 0.236 e. The highest BCUT2D eigenvalue weighted by atomic mass is 19.1. The van der Waals surface area contributed by atoms with Crippen molar-refractivity contribution in [2.24, 2.45) is 11.7 Å². The van der Waals surface area contributed by atoms with E-state index >= 15 is 0 Å². The Balaban J connectivity index is 3.20. The number of aliphatic hydroxyl groups is 1. The van der Waals surface area contributed by atoms with Crippen molar-refractivity contribution >= 4 is 11.6 Å². The Morgan fingerprint density at radius 1 is 1.42 bits per heavy atom. The van der Waals surface area contributed by atoms with E-state index in [4.69, 9.17) is 5.73 Å². The first kappa shape index (κ1) is 15.4. The number of carbonyl (C=O) groups is 1. The van der Waals surface area contributed by atoms with E-state index in [1.807, 2.05) is 13.8 Å². The maximum Gasteiger partial charge on any atom is 0.236 e. The van der Waals surface area contributed by atoms with Crippen molar-refractivity contribution in [1.29, 1.82) is 0 Å². The third-order valence-corrected chi connectivity index (χ3v) is 2.72. The molecule has 0 aliphatic carbocycles. The monoisotopic (exact) mass is 268 g/mol. The number of primary amides is 1. The molecule has 4 nitrogen and oxygen atoms in total. The van der Waals surface area contributed by atoms with E-state index in [9.17, 15) is 14.3 Å². The number of hydrogen-bond donors (Lipinski definition) is 2. The highest BCUT2D eigenvalue weighted by molar-refractivity contribution is 5.80. The molecule has 0 bridgehead atoms.